The molecule has 0 fully saturated rings. The van der Waals surface area contributed by atoms with Crippen LogP contribution in [0.25, 0.3) is 11.3 Å². The molecule has 2 N–H and O–H groups in total. The van der Waals surface area contributed by atoms with Crippen molar-refractivity contribution < 1.29 is 19.1 Å². The van der Waals surface area contributed by atoms with Gasteiger partial charge in [-0.2, -0.15) is 0 Å². The molecule has 0 aliphatic heterocycles. The van der Waals surface area contributed by atoms with Crippen LogP contribution < -0.4 is 5.32 Å². The number of rotatable bonds is 6. The first kappa shape index (κ1) is 15.8. The second-order valence-corrected chi connectivity index (χ2v) is 5.12. The fourth-order valence-corrected chi connectivity index (χ4v) is 2.05. The van der Waals surface area contributed by atoms with Gasteiger partial charge in [-0.3, -0.25) is 4.79 Å². The van der Waals surface area contributed by atoms with E-state index in [4.69, 9.17) is 4.42 Å². The number of carboxylic acids is 1. The molecular weight excluding hydrogens is 284 g/mol. The summed E-state index contributed by atoms with van der Waals surface area (Å²) in [5, 5.41) is 11.8. The minimum atomic E-state index is -1.03. The van der Waals surface area contributed by atoms with Gasteiger partial charge in [-0.1, -0.05) is 32.4 Å². The maximum Gasteiger partial charge on any atom is 0.326 e. The number of aliphatic carboxylic acids is 1. The summed E-state index contributed by atoms with van der Waals surface area (Å²) in [4.78, 5) is 27.2. The van der Waals surface area contributed by atoms with E-state index in [-0.39, 0.29) is 5.92 Å². The highest BCUT2D eigenvalue weighted by Gasteiger charge is 2.25. The lowest BCUT2D eigenvalue weighted by molar-refractivity contribution is -0.140. The largest absolute Gasteiger partial charge is 0.480 e. The Hall–Kier alpha value is -2.63. The molecule has 2 aromatic rings. The minimum absolute atomic E-state index is 0.144. The van der Waals surface area contributed by atoms with Crippen LogP contribution in [0.2, 0.25) is 0 Å². The number of carbonyl (C=O) groups excluding carboxylic acids is 1. The van der Waals surface area contributed by atoms with Gasteiger partial charge in [0.25, 0.3) is 5.91 Å². The van der Waals surface area contributed by atoms with Gasteiger partial charge in [0.1, 0.15) is 6.04 Å². The number of amides is 1. The number of carboxylic acid groups (broad SMARTS) is 1. The van der Waals surface area contributed by atoms with Crippen LogP contribution in [0, 0.1) is 5.92 Å². The average Bonchev–Trinajstić information content (AvgIpc) is 3.06. The molecule has 1 aromatic carbocycles. The molecular formula is C16H18N2O4. The first-order valence-corrected chi connectivity index (χ1v) is 7.05. The van der Waals surface area contributed by atoms with E-state index in [2.05, 4.69) is 10.3 Å². The van der Waals surface area contributed by atoms with Crippen molar-refractivity contribution in [3.63, 3.8) is 0 Å². The summed E-state index contributed by atoms with van der Waals surface area (Å²) in [6, 6.07) is 5.82. The van der Waals surface area contributed by atoms with Crippen LogP contribution in [-0.2, 0) is 4.79 Å². The van der Waals surface area contributed by atoms with E-state index in [1.54, 1.807) is 37.4 Å². The Bertz CT molecular complexity index is 635. The van der Waals surface area contributed by atoms with Crippen molar-refractivity contribution in [1.82, 2.24) is 10.3 Å². The highest BCUT2D eigenvalue weighted by molar-refractivity contribution is 5.97. The van der Waals surface area contributed by atoms with Crippen LogP contribution in [0.3, 0.4) is 0 Å². The van der Waals surface area contributed by atoms with Gasteiger partial charge in [0.15, 0.2) is 12.2 Å². The number of benzene rings is 1. The Morgan fingerprint density at radius 3 is 2.50 bits per heavy atom. The van der Waals surface area contributed by atoms with Crippen LogP contribution in [0.4, 0.5) is 0 Å². The van der Waals surface area contributed by atoms with Crippen LogP contribution in [0.1, 0.15) is 30.6 Å². The first-order valence-electron chi connectivity index (χ1n) is 7.05. The molecule has 0 aliphatic rings. The molecule has 0 radical (unpaired) electrons. The summed E-state index contributed by atoms with van der Waals surface area (Å²) in [6.45, 7) is 3.69. The second kappa shape index (κ2) is 6.89. The van der Waals surface area contributed by atoms with E-state index >= 15 is 0 Å². The quantitative estimate of drug-likeness (QED) is 0.855. The Kier molecular flexibility index (Phi) is 4.93. The monoisotopic (exact) mass is 302 g/mol. The van der Waals surface area contributed by atoms with E-state index in [1.807, 2.05) is 6.92 Å². The van der Waals surface area contributed by atoms with Crippen LogP contribution in [0.5, 0.6) is 0 Å². The maximum absolute atomic E-state index is 12.2. The van der Waals surface area contributed by atoms with Crippen molar-refractivity contribution >= 4 is 11.9 Å². The van der Waals surface area contributed by atoms with Crippen molar-refractivity contribution in [2.45, 2.75) is 26.3 Å². The van der Waals surface area contributed by atoms with Crippen molar-refractivity contribution in [3.8, 4) is 11.3 Å². The van der Waals surface area contributed by atoms with Crippen LogP contribution >= 0.6 is 0 Å². The lowest BCUT2D eigenvalue weighted by Gasteiger charge is -2.20. The maximum atomic E-state index is 12.2. The van der Waals surface area contributed by atoms with E-state index in [0.29, 0.717) is 17.7 Å². The molecule has 0 bridgehead atoms. The van der Waals surface area contributed by atoms with E-state index < -0.39 is 17.9 Å². The molecule has 2 unspecified atom stereocenters. The molecule has 2 atom stereocenters. The molecule has 0 spiro atoms. The molecule has 22 heavy (non-hydrogen) atoms. The predicted molar refractivity (Wildman–Crippen MR) is 80.3 cm³/mol. The molecule has 0 aliphatic carbocycles. The smallest absolute Gasteiger partial charge is 0.326 e. The molecule has 0 saturated carbocycles. The highest BCUT2D eigenvalue weighted by Crippen LogP contribution is 2.19. The molecule has 2 rings (SSSR count). The number of hydrogen-bond acceptors (Lipinski definition) is 4. The summed E-state index contributed by atoms with van der Waals surface area (Å²) < 4.78 is 5.17. The van der Waals surface area contributed by atoms with Gasteiger partial charge in [-0.15, -0.1) is 0 Å². The number of nitrogens with one attached hydrogen (secondary N) is 1. The highest BCUT2D eigenvalue weighted by atomic mass is 16.4. The molecule has 1 amide bonds. The average molecular weight is 302 g/mol. The normalized spacial score (nSPS) is 13.4. The fraction of sp³-hybridized carbons (Fsp3) is 0.312. The molecule has 6 heteroatoms. The predicted octanol–water partition coefficient (Wildman–Crippen LogP) is 2.57. The third-order valence-corrected chi connectivity index (χ3v) is 3.63. The van der Waals surface area contributed by atoms with Crippen molar-refractivity contribution in [2.24, 2.45) is 5.92 Å². The Labute approximate surface area is 128 Å². The summed E-state index contributed by atoms with van der Waals surface area (Å²) >= 11 is 0. The summed E-state index contributed by atoms with van der Waals surface area (Å²) in [5.41, 5.74) is 1.20. The Balaban J connectivity index is 2.11. The van der Waals surface area contributed by atoms with Crippen molar-refractivity contribution in [1.29, 1.82) is 0 Å². The van der Waals surface area contributed by atoms with Gasteiger partial charge < -0.3 is 14.8 Å². The van der Waals surface area contributed by atoms with Gasteiger partial charge in [-0.25, -0.2) is 9.78 Å². The third kappa shape index (κ3) is 3.52. The van der Waals surface area contributed by atoms with Crippen molar-refractivity contribution in [2.75, 3.05) is 0 Å². The summed E-state index contributed by atoms with van der Waals surface area (Å²) in [5.74, 6) is -0.970. The lowest BCUT2D eigenvalue weighted by atomic mass is 9.99. The van der Waals surface area contributed by atoms with Gasteiger partial charge in [-0.05, 0) is 18.1 Å². The zero-order valence-electron chi connectivity index (χ0n) is 12.4. The Morgan fingerprint density at radius 2 is 2.00 bits per heavy atom. The molecule has 1 heterocycles. The van der Waals surface area contributed by atoms with Crippen LogP contribution in [0.15, 0.2) is 41.3 Å². The summed E-state index contributed by atoms with van der Waals surface area (Å²) in [6.07, 6.45) is 3.58. The lowest BCUT2D eigenvalue weighted by Crippen LogP contribution is -2.45. The first-order chi connectivity index (χ1) is 10.5. The third-order valence-electron chi connectivity index (χ3n) is 3.63. The number of nitrogens with zero attached hydrogens (tertiary/aromatic N) is 1. The number of hydrogen-bond donors (Lipinski definition) is 2. The zero-order valence-corrected chi connectivity index (χ0v) is 12.4. The van der Waals surface area contributed by atoms with Crippen LogP contribution in [-0.4, -0.2) is 28.0 Å². The van der Waals surface area contributed by atoms with E-state index in [1.165, 1.54) is 6.39 Å². The number of carbonyl (C=O) groups is 2. The fourth-order valence-electron chi connectivity index (χ4n) is 2.05. The molecule has 1 aromatic heterocycles. The van der Waals surface area contributed by atoms with Gasteiger partial charge >= 0.3 is 5.97 Å². The Morgan fingerprint density at radius 1 is 1.32 bits per heavy atom. The zero-order chi connectivity index (χ0) is 16.1. The van der Waals surface area contributed by atoms with E-state index in [0.717, 1.165) is 5.56 Å². The second-order valence-electron chi connectivity index (χ2n) is 5.12. The molecule has 116 valence electrons. The molecule has 6 nitrogen and oxygen atoms in total. The standard InChI is InChI=1S/C16H18N2O4/c1-3-10(2)14(16(20)21)18-15(19)12-6-4-11(5-7-12)13-8-17-9-22-13/h4-10,14H,3H2,1-2H3,(H,18,19)(H,20,21). The SMILES string of the molecule is CCC(C)C(NC(=O)c1ccc(-c2cnco2)cc1)C(=O)O. The van der Waals surface area contributed by atoms with Gasteiger partial charge in [0.2, 0.25) is 0 Å². The number of aromatic nitrogens is 1. The summed E-state index contributed by atoms with van der Waals surface area (Å²) in [7, 11) is 0. The van der Waals surface area contributed by atoms with Gasteiger partial charge in [0.05, 0.1) is 6.20 Å². The number of oxazole rings is 1. The van der Waals surface area contributed by atoms with E-state index in [9.17, 15) is 14.7 Å². The molecule has 0 saturated heterocycles. The van der Waals surface area contributed by atoms with Crippen molar-refractivity contribution in [3.05, 3.63) is 42.4 Å². The minimum Gasteiger partial charge on any atom is -0.480 e. The topological polar surface area (TPSA) is 92.4 Å². The van der Waals surface area contributed by atoms with Gasteiger partial charge in [0, 0.05) is 11.1 Å².